The number of nitrogens with zero attached hydrogens (tertiary/aromatic N) is 1. The highest BCUT2D eigenvalue weighted by atomic mass is 16.5. The number of aromatic amines is 1. The van der Waals surface area contributed by atoms with E-state index in [0.717, 1.165) is 24.3 Å². The van der Waals surface area contributed by atoms with Crippen molar-refractivity contribution in [3.63, 3.8) is 0 Å². The van der Waals surface area contributed by atoms with Crippen LogP contribution < -0.4 is 10.1 Å². The minimum absolute atomic E-state index is 0.140. The van der Waals surface area contributed by atoms with E-state index in [-0.39, 0.29) is 5.91 Å². The molecule has 0 saturated heterocycles. The number of ether oxygens (including phenoxy) is 2. The van der Waals surface area contributed by atoms with Crippen molar-refractivity contribution in [1.82, 2.24) is 15.5 Å². The zero-order chi connectivity index (χ0) is 17.4. The molecule has 130 valence electrons. The molecule has 0 spiro atoms. The quantitative estimate of drug-likeness (QED) is 0.693. The van der Waals surface area contributed by atoms with Gasteiger partial charge in [-0.15, -0.1) is 0 Å². The summed E-state index contributed by atoms with van der Waals surface area (Å²) in [6.07, 6.45) is 2.33. The lowest BCUT2D eigenvalue weighted by atomic mass is 10.1. The lowest BCUT2D eigenvalue weighted by Gasteiger charge is -2.08. The molecule has 0 aliphatic carbocycles. The van der Waals surface area contributed by atoms with Crippen LogP contribution >= 0.6 is 0 Å². The molecule has 2 aromatic rings. The minimum atomic E-state index is -0.140. The number of rotatable bonds is 9. The molecule has 0 bridgehead atoms. The Labute approximate surface area is 142 Å². The number of amides is 1. The zero-order valence-electron chi connectivity index (χ0n) is 14.5. The van der Waals surface area contributed by atoms with Crippen molar-refractivity contribution >= 4 is 5.91 Å². The maximum Gasteiger partial charge on any atom is 0.255 e. The number of aromatic nitrogens is 2. The third-order valence-corrected chi connectivity index (χ3v) is 3.46. The highest BCUT2D eigenvalue weighted by molar-refractivity contribution is 5.99. The van der Waals surface area contributed by atoms with Gasteiger partial charge in [-0.1, -0.05) is 13.8 Å². The van der Waals surface area contributed by atoms with E-state index in [1.54, 1.807) is 13.3 Å². The Morgan fingerprint density at radius 3 is 2.71 bits per heavy atom. The monoisotopic (exact) mass is 331 g/mol. The summed E-state index contributed by atoms with van der Waals surface area (Å²) < 4.78 is 10.6. The first-order chi connectivity index (χ1) is 11.6. The van der Waals surface area contributed by atoms with Crippen LogP contribution in [0.4, 0.5) is 0 Å². The maximum atomic E-state index is 12.3. The number of methoxy groups -OCH3 is 1. The van der Waals surface area contributed by atoms with Gasteiger partial charge < -0.3 is 14.8 Å². The Bertz CT molecular complexity index is 635. The Morgan fingerprint density at radius 1 is 1.29 bits per heavy atom. The van der Waals surface area contributed by atoms with Crippen molar-refractivity contribution in [3.8, 4) is 17.0 Å². The summed E-state index contributed by atoms with van der Waals surface area (Å²) in [7, 11) is 1.62. The number of carbonyl (C=O) groups excluding carboxylic acids is 1. The van der Waals surface area contributed by atoms with Crippen LogP contribution in [0.5, 0.6) is 5.75 Å². The van der Waals surface area contributed by atoms with Crippen LogP contribution in [0.1, 0.15) is 30.6 Å². The molecule has 1 aromatic heterocycles. The summed E-state index contributed by atoms with van der Waals surface area (Å²) in [6.45, 7) is 6.19. The summed E-state index contributed by atoms with van der Waals surface area (Å²) in [6, 6.07) is 7.49. The van der Waals surface area contributed by atoms with Crippen molar-refractivity contribution in [1.29, 1.82) is 0 Å². The largest absolute Gasteiger partial charge is 0.497 e. The molecule has 1 heterocycles. The number of benzene rings is 1. The van der Waals surface area contributed by atoms with Gasteiger partial charge in [0.2, 0.25) is 0 Å². The van der Waals surface area contributed by atoms with Gasteiger partial charge in [-0.2, -0.15) is 5.10 Å². The van der Waals surface area contributed by atoms with Gasteiger partial charge >= 0.3 is 0 Å². The molecule has 0 fully saturated rings. The fourth-order valence-corrected chi connectivity index (χ4v) is 2.23. The van der Waals surface area contributed by atoms with Gasteiger partial charge in [-0.3, -0.25) is 9.89 Å². The molecule has 0 atom stereocenters. The van der Waals surface area contributed by atoms with Gasteiger partial charge in [0.05, 0.1) is 24.6 Å². The molecule has 0 aliphatic rings. The van der Waals surface area contributed by atoms with Gasteiger partial charge in [-0.05, 0) is 36.6 Å². The average Bonchev–Trinajstić information content (AvgIpc) is 3.07. The molecule has 0 aliphatic heterocycles. The van der Waals surface area contributed by atoms with Gasteiger partial charge in [0, 0.05) is 25.3 Å². The number of H-pyrrole nitrogens is 1. The Kier molecular flexibility index (Phi) is 6.81. The van der Waals surface area contributed by atoms with Crippen molar-refractivity contribution in [3.05, 3.63) is 36.0 Å². The summed E-state index contributed by atoms with van der Waals surface area (Å²) >= 11 is 0. The molecule has 6 nitrogen and oxygen atoms in total. The second kappa shape index (κ2) is 9.08. The lowest BCUT2D eigenvalue weighted by molar-refractivity contribution is 0.0925. The van der Waals surface area contributed by atoms with Crippen molar-refractivity contribution in [2.75, 3.05) is 26.9 Å². The first-order valence-electron chi connectivity index (χ1n) is 8.15. The van der Waals surface area contributed by atoms with Gasteiger partial charge in [0.25, 0.3) is 5.91 Å². The van der Waals surface area contributed by atoms with E-state index in [1.807, 2.05) is 24.3 Å². The number of nitrogens with one attached hydrogen (secondary N) is 2. The maximum absolute atomic E-state index is 12.3. The Hall–Kier alpha value is -2.34. The van der Waals surface area contributed by atoms with Crippen LogP contribution in [-0.4, -0.2) is 43.0 Å². The number of hydrogen-bond acceptors (Lipinski definition) is 4. The van der Waals surface area contributed by atoms with Crippen LogP contribution in [0.15, 0.2) is 30.5 Å². The molecule has 0 unspecified atom stereocenters. The smallest absolute Gasteiger partial charge is 0.255 e. The summed E-state index contributed by atoms with van der Waals surface area (Å²) in [4.78, 5) is 12.3. The van der Waals surface area contributed by atoms with E-state index in [9.17, 15) is 4.79 Å². The molecule has 24 heavy (non-hydrogen) atoms. The topological polar surface area (TPSA) is 76.2 Å². The van der Waals surface area contributed by atoms with Crippen LogP contribution in [-0.2, 0) is 4.74 Å². The molecule has 1 aromatic carbocycles. The molecule has 2 rings (SSSR count). The van der Waals surface area contributed by atoms with Crippen LogP contribution in [0.25, 0.3) is 11.3 Å². The van der Waals surface area contributed by atoms with E-state index in [2.05, 4.69) is 29.4 Å². The van der Waals surface area contributed by atoms with E-state index in [4.69, 9.17) is 9.47 Å². The third-order valence-electron chi connectivity index (χ3n) is 3.46. The summed E-state index contributed by atoms with van der Waals surface area (Å²) in [5.74, 6) is 1.15. The molecular weight excluding hydrogens is 306 g/mol. The normalized spacial score (nSPS) is 10.8. The van der Waals surface area contributed by atoms with E-state index in [1.165, 1.54) is 0 Å². The number of hydrogen-bond donors (Lipinski definition) is 2. The zero-order valence-corrected chi connectivity index (χ0v) is 14.5. The van der Waals surface area contributed by atoms with E-state index < -0.39 is 0 Å². The molecule has 0 saturated carbocycles. The van der Waals surface area contributed by atoms with Crippen molar-refractivity contribution in [2.24, 2.45) is 5.92 Å². The summed E-state index contributed by atoms with van der Waals surface area (Å²) in [5, 5.41) is 9.79. The minimum Gasteiger partial charge on any atom is -0.497 e. The van der Waals surface area contributed by atoms with Crippen molar-refractivity contribution in [2.45, 2.75) is 20.3 Å². The second-order valence-corrected chi connectivity index (χ2v) is 5.97. The second-order valence-electron chi connectivity index (χ2n) is 5.97. The standard InChI is InChI=1S/C18H25N3O3/c1-13(2)12-24-10-4-9-19-18(22)16-11-20-21-17(16)14-5-7-15(23-3)8-6-14/h5-8,11,13H,4,9-10,12H2,1-3H3,(H,19,22)(H,20,21). The number of carbonyl (C=O) groups is 1. The first kappa shape index (κ1) is 18.0. The molecule has 0 radical (unpaired) electrons. The molecule has 6 heteroatoms. The Balaban J connectivity index is 1.88. The first-order valence-corrected chi connectivity index (χ1v) is 8.15. The van der Waals surface area contributed by atoms with Crippen LogP contribution in [0, 0.1) is 5.92 Å². The fraction of sp³-hybridized carbons (Fsp3) is 0.444. The Morgan fingerprint density at radius 2 is 2.04 bits per heavy atom. The predicted octanol–water partition coefficient (Wildman–Crippen LogP) is 2.88. The van der Waals surface area contributed by atoms with Crippen molar-refractivity contribution < 1.29 is 14.3 Å². The average molecular weight is 331 g/mol. The SMILES string of the molecule is COc1ccc(-c2[nH]ncc2C(=O)NCCCOCC(C)C)cc1. The summed E-state index contributed by atoms with van der Waals surface area (Å²) in [5.41, 5.74) is 2.12. The fourth-order valence-electron chi connectivity index (χ4n) is 2.23. The van der Waals surface area contributed by atoms with Crippen LogP contribution in [0.2, 0.25) is 0 Å². The van der Waals surface area contributed by atoms with E-state index in [0.29, 0.717) is 30.3 Å². The van der Waals surface area contributed by atoms with Gasteiger partial charge in [0.1, 0.15) is 5.75 Å². The highest BCUT2D eigenvalue weighted by Gasteiger charge is 2.14. The highest BCUT2D eigenvalue weighted by Crippen LogP contribution is 2.23. The van der Waals surface area contributed by atoms with Gasteiger partial charge in [0.15, 0.2) is 0 Å². The lowest BCUT2D eigenvalue weighted by Crippen LogP contribution is -2.25. The van der Waals surface area contributed by atoms with E-state index >= 15 is 0 Å². The predicted molar refractivity (Wildman–Crippen MR) is 93.2 cm³/mol. The van der Waals surface area contributed by atoms with Gasteiger partial charge in [-0.25, -0.2) is 0 Å². The van der Waals surface area contributed by atoms with Crippen LogP contribution in [0.3, 0.4) is 0 Å². The molecule has 2 N–H and O–H groups in total. The molecular formula is C18H25N3O3. The third kappa shape index (κ3) is 5.09. The molecule has 1 amide bonds.